The Labute approximate surface area is 191 Å². The van der Waals surface area contributed by atoms with E-state index in [2.05, 4.69) is 15.5 Å². The molecule has 0 aliphatic carbocycles. The van der Waals surface area contributed by atoms with E-state index in [4.69, 9.17) is 4.74 Å². The largest absolute Gasteiger partial charge is 0.482 e. The smallest absolute Gasteiger partial charge is 0.265 e. The molecular formula is C23H25N5O3S. The normalized spacial score (nSPS) is 14.0. The highest BCUT2D eigenvalue weighted by Crippen LogP contribution is 2.37. The van der Waals surface area contributed by atoms with Crippen LogP contribution in [-0.4, -0.2) is 38.9 Å². The Kier molecular flexibility index (Phi) is 6.18. The van der Waals surface area contributed by atoms with Crippen LogP contribution in [0.1, 0.15) is 29.9 Å². The number of carbonyl (C=O) groups is 2. The number of hydrogen-bond donors (Lipinski definition) is 1. The van der Waals surface area contributed by atoms with Crippen molar-refractivity contribution in [2.75, 3.05) is 22.6 Å². The van der Waals surface area contributed by atoms with Crippen molar-refractivity contribution >= 4 is 35.0 Å². The number of amides is 2. The number of aromatic nitrogens is 3. The van der Waals surface area contributed by atoms with Crippen LogP contribution in [-0.2, 0) is 16.6 Å². The molecular weight excluding hydrogens is 426 g/mol. The molecule has 2 aromatic carbocycles. The van der Waals surface area contributed by atoms with Gasteiger partial charge in [0.05, 0.1) is 17.5 Å². The minimum atomic E-state index is -0.344. The lowest BCUT2D eigenvalue weighted by Gasteiger charge is -2.33. The number of fused-ring (bicyclic) bond motifs is 1. The molecule has 0 spiro atoms. The molecule has 2 heterocycles. The van der Waals surface area contributed by atoms with E-state index in [9.17, 15) is 9.59 Å². The molecule has 0 bridgehead atoms. The predicted octanol–water partition coefficient (Wildman–Crippen LogP) is 3.65. The average Bonchev–Trinajstić information content (AvgIpc) is 3.15. The van der Waals surface area contributed by atoms with Crippen LogP contribution in [0.2, 0.25) is 0 Å². The number of nitrogens with zero attached hydrogens (tertiary/aromatic N) is 4. The number of thioether (sulfide) groups is 1. The molecule has 0 saturated carbocycles. The molecule has 1 atom stereocenters. The van der Waals surface area contributed by atoms with Crippen molar-refractivity contribution in [1.82, 2.24) is 14.8 Å². The van der Waals surface area contributed by atoms with Crippen molar-refractivity contribution in [1.29, 1.82) is 0 Å². The van der Waals surface area contributed by atoms with Gasteiger partial charge in [-0.2, -0.15) is 0 Å². The van der Waals surface area contributed by atoms with Gasteiger partial charge in [0, 0.05) is 12.7 Å². The summed E-state index contributed by atoms with van der Waals surface area (Å²) >= 11 is 1.30. The van der Waals surface area contributed by atoms with E-state index in [1.807, 2.05) is 74.9 Å². The lowest BCUT2D eigenvalue weighted by Crippen LogP contribution is -2.41. The van der Waals surface area contributed by atoms with Gasteiger partial charge in [-0.1, -0.05) is 36.0 Å². The second-order valence-corrected chi connectivity index (χ2v) is 8.62. The summed E-state index contributed by atoms with van der Waals surface area (Å²) in [6.07, 6.45) is 0. The van der Waals surface area contributed by atoms with Crippen molar-refractivity contribution in [2.24, 2.45) is 7.05 Å². The summed E-state index contributed by atoms with van der Waals surface area (Å²) in [6.45, 7) is 5.89. The summed E-state index contributed by atoms with van der Waals surface area (Å²) in [5.41, 5.74) is 3.70. The minimum Gasteiger partial charge on any atom is -0.482 e. The maximum Gasteiger partial charge on any atom is 0.265 e. The van der Waals surface area contributed by atoms with Crippen LogP contribution >= 0.6 is 11.8 Å². The zero-order valence-electron chi connectivity index (χ0n) is 18.5. The Balaban J connectivity index is 1.46. The van der Waals surface area contributed by atoms with Crippen LogP contribution in [0.5, 0.6) is 5.75 Å². The van der Waals surface area contributed by atoms with E-state index < -0.39 is 0 Å². The van der Waals surface area contributed by atoms with E-state index in [0.29, 0.717) is 22.4 Å². The third-order valence-corrected chi connectivity index (χ3v) is 6.61. The van der Waals surface area contributed by atoms with Gasteiger partial charge in [0.1, 0.15) is 5.75 Å². The maximum absolute atomic E-state index is 12.6. The van der Waals surface area contributed by atoms with Gasteiger partial charge in [0.2, 0.25) is 5.91 Å². The monoisotopic (exact) mass is 451 g/mol. The average molecular weight is 452 g/mol. The SMILES string of the molecule is Cc1cccc(NC(=O)CSc2nnc([C@H](C)N3C(=O)COc4ccccc43)n2C)c1C. The van der Waals surface area contributed by atoms with E-state index in [-0.39, 0.29) is 30.2 Å². The molecule has 166 valence electrons. The van der Waals surface area contributed by atoms with Crippen LogP contribution in [0.15, 0.2) is 47.6 Å². The molecule has 1 aliphatic heterocycles. The van der Waals surface area contributed by atoms with E-state index in [1.54, 1.807) is 4.90 Å². The number of para-hydroxylation sites is 2. The van der Waals surface area contributed by atoms with Crippen molar-refractivity contribution < 1.29 is 14.3 Å². The number of carbonyl (C=O) groups excluding carboxylic acids is 2. The van der Waals surface area contributed by atoms with Gasteiger partial charge in [-0.25, -0.2) is 0 Å². The molecule has 32 heavy (non-hydrogen) atoms. The fourth-order valence-electron chi connectivity index (χ4n) is 3.68. The Morgan fingerprint density at radius 2 is 1.97 bits per heavy atom. The van der Waals surface area contributed by atoms with Crippen LogP contribution in [0.25, 0.3) is 0 Å². The first kappa shape index (κ1) is 21.9. The van der Waals surface area contributed by atoms with Gasteiger partial charge in [0.15, 0.2) is 17.6 Å². The molecule has 8 nitrogen and oxygen atoms in total. The quantitative estimate of drug-likeness (QED) is 0.576. The van der Waals surface area contributed by atoms with E-state index in [1.165, 1.54) is 11.8 Å². The predicted molar refractivity (Wildman–Crippen MR) is 124 cm³/mol. The third kappa shape index (κ3) is 4.20. The van der Waals surface area contributed by atoms with E-state index >= 15 is 0 Å². The summed E-state index contributed by atoms with van der Waals surface area (Å²) < 4.78 is 7.36. The maximum atomic E-state index is 12.6. The Bertz CT molecular complexity index is 1180. The topological polar surface area (TPSA) is 89.3 Å². The minimum absolute atomic E-state index is 0.0145. The lowest BCUT2D eigenvalue weighted by atomic mass is 10.1. The summed E-state index contributed by atoms with van der Waals surface area (Å²) in [7, 11) is 1.84. The molecule has 0 radical (unpaired) electrons. The highest BCUT2D eigenvalue weighted by molar-refractivity contribution is 7.99. The molecule has 1 N–H and O–H groups in total. The van der Waals surface area contributed by atoms with Gasteiger partial charge < -0.3 is 14.6 Å². The first-order valence-electron chi connectivity index (χ1n) is 10.3. The number of benzene rings is 2. The summed E-state index contributed by atoms with van der Waals surface area (Å²) in [5, 5.41) is 12.1. The van der Waals surface area contributed by atoms with Gasteiger partial charge in [-0.3, -0.25) is 14.5 Å². The molecule has 3 aromatic rings. The van der Waals surface area contributed by atoms with Gasteiger partial charge in [-0.15, -0.1) is 10.2 Å². The zero-order chi connectivity index (χ0) is 22.8. The second kappa shape index (κ2) is 9.04. The van der Waals surface area contributed by atoms with Crippen LogP contribution < -0.4 is 15.0 Å². The number of nitrogens with one attached hydrogen (secondary N) is 1. The Hall–Kier alpha value is -3.33. The highest BCUT2D eigenvalue weighted by Gasteiger charge is 2.32. The number of hydrogen-bond acceptors (Lipinski definition) is 6. The summed E-state index contributed by atoms with van der Waals surface area (Å²) in [6, 6.07) is 12.9. The number of ether oxygens (including phenoxy) is 1. The van der Waals surface area contributed by atoms with Gasteiger partial charge in [0.25, 0.3) is 5.91 Å². The van der Waals surface area contributed by atoms with Crippen molar-refractivity contribution in [3.05, 3.63) is 59.4 Å². The van der Waals surface area contributed by atoms with E-state index in [0.717, 1.165) is 16.8 Å². The van der Waals surface area contributed by atoms with Crippen LogP contribution in [0.4, 0.5) is 11.4 Å². The van der Waals surface area contributed by atoms with Crippen LogP contribution in [0, 0.1) is 13.8 Å². The number of anilines is 2. The lowest BCUT2D eigenvalue weighted by molar-refractivity contribution is -0.121. The van der Waals surface area contributed by atoms with Crippen molar-refractivity contribution in [3.8, 4) is 5.75 Å². The number of aryl methyl sites for hydroxylation is 1. The van der Waals surface area contributed by atoms with Crippen molar-refractivity contribution in [3.63, 3.8) is 0 Å². The third-order valence-electron chi connectivity index (χ3n) is 5.59. The molecule has 0 fully saturated rings. The Morgan fingerprint density at radius 3 is 2.78 bits per heavy atom. The molecule has 2 amide bonds. The van der Waals surface area contributed by atoms with Crippen LogP contribution in [0.3, 0.4) is 0 Å². The molecule has 4 rings (SSSR count). The molecule has 0 unspecified atom stereocenters. The first-order chi connectivity index (χ1) is 15.4. The fraction of sp³-hybridized carbons (Fsp3) is 0.304. The highest BCUT2D eigenvalue weighted by atomic mass is 32.2. The fourth-order valence-corrected chi connectivity index (χ4v) is 4.40. The van der Waals surface area contributed by atoms with Gasteiger partial charge in [-0.05, 0) is 50.1 Å². The molecule has 0 saturated heterocycles. The zero-order valence-corrected chi connectivity index (χ0v) is 19.3. The molecule has 1 aromatic heterocycles. The Morgan fingerprint density at radius 1 is 1.19 bits per heavy atom. The van der Waals surface area contributed by atoms with Crippen molar-refractivity contribution in [2.45, 2.75) is 32.0 Å². The first-order valence-corrected chi connectivity index (χ1v) is 11.3. The standard InChI is InChI=1S/C23H25N5O3S/c1-14-8-7-9-17(15(14)2)24-20(29)13-32-23-26-25-22(27(23)4)16(3)28-18-10-5-6-11-19(18)31-12-21(28)30/h5-11,16H,12-13H2,1-4H3,(H,24,29)/t16-/m0/s1. The summed E-state index contributed by atoms with van der Waals surface area (Å²) in [5.74, 6) is 1.25. The molecule has 1 aliphatic rings. The van der Waals surface area contributed by atoms with Gasteiger partial charge >= 0.3 is 0 Å². The second-order valence-electron chi connectivity index (χ2n) is 7.68. The number of rotatable bonds is 6. The molecule has 9 heteroatoms. The summed E-state index contributed by atoms with van der Waals surface area (Å²) in [4.78, 5) is 26.8.